The Hall–Kier alpha value is -4.38. The molecular formula is C28H26FN5O4S. The van der Waals surface area contributed by atoms with E-state index in [0.717, 1.165) is 23.7 Å². The number of para-hydroxylation sites is 1. The number of hydrogen-bond acceptors (Lipinski definition) is 7. The van der Waals surface area contributed by atoms with Crippen LogP contribution in [-0.4, -0.2) is 53.1 Å². The molecule has 11 heteroatoms. The number of carbonyl (C=O) groups is 2. The minimum Gasteiger partial charge on any atom is -0.497 e. The van der Waals surface area contributed by atoms with Crippen LogP contribution in [0.15, 0.2) is 71.9 Å². The fourth-order valence-corrected chi connectivity index (χ4v) is 5.25. The highest BCUT2D eigenvalue weighted by atomic mass is 32.2. The molecule has 0 atom stereocenters. The Bertz CT molecular complexity index is 1530. The number of rotatable bonds is 9. The third-order valence-electron chi connectivity index (χ3n) is 6.33. The van der Waals surface area contributed by atoms with Gasteiger partial charge >= 0.3 is 0 Å². The van der Waals surface area contributed by atoms with E-state index in [4.69, 9.17) is 9.47 Å². The molecule has 0 spiro atoms. The molecule has 9 nitrogen and oxygen atoms in total. The summed E-state index contributed by atoms with van der Waals surface area (Å²) in [5.41, 5.74) is 2.85. The highest BCUT2D eigenvalue weighted by Crippen LogP contribution is 2.33. The normalized spacial score (nSPS) is 12.2. The van der Waals surface area contributed by atoms with Gasteiger partial charge in [0, 0.05) is 23.9 Å². The predicted molar refractivity (Wildman–Crippen MR) is 145 cm³/mol. The molecule has 1 aromatic heterocycles. The molecule has 0 bridgehead atoms. The van der Waals surface area contributed by atoms with Gasteiger partial charge in [-0.15, -0.1) is 10.2 Å². The van der Waals surface area contributed by atoms with Gasteiger partial charge in [-0.2, -0.15) is 0 Å². The van der Waals surface area contributed by atoms with Crippen LogP contribution < -0.4 is 19.7 Å². The molecule has 200 valence electrons. The van der Waals surface area contributed by atoms with E-state index in [1.807, 2.05) is 24.3 Å². The molecule has 1 N–H and O–H groups in total. The molecule has 4 aromatic rings. The highest BCUT2D eigenvalue weighted by Gasteiger charge is 2.26. The van der Waals surface area contributed by atoms with Crippen LogP contribution >= 0.6 is 11.8 Å². The van der Waals surface area contributed by atoms with E-state index in [0.29, 0.717) is 34.7 Å². The Balaban J connectivity index is 1.42. The number of aromatic nitrogens is 3. The smallest absolute Gasteiger partial charge is 0.251 e. The van der Waals surface area contributed by atoms with Crippen LogP contribution in [0.1, 0.15) is 21.7 Å². The quantitative estimate of drug-likeness (QED) is 0.316. The van der Waals surface area contributed by atoms with E-state index in [-0.39, 0.29) is 23.8 Å². The number of carbonyl (C=O) groups excluding carboxylic acids is 2. The van der Waals surface area contributed by atoms with Crippen molar-refractivity contribution < 1.29 is 23.5 Å². The number of amides is 2. The second-order valence-corrected chi connectivity index (χ2v) is 9.62. The number of fused-ring (bicyclic) bond motifs is 1. The summed E-state index contributed by atoms with van der Waals surface area (Å²) in [5.74, 6) is 0.624. The number of hydrogen-bond donors (Lipinski definition) is 1. The standard InChI is InChI=1S/C28H26FN5O4S/c1-37-21-10-11-24(38-2)23(15-21)34-25(16-30-27(36)19-7-5-8-20(29)14-19)31-32-28(34)39-17-26(35)33-13-12-18-6-3-4-9-22(18)33/h3-11,14-15H,12-13,16-17H2,1-2H3,(H,30,36). The van der Waals surface area contributed by atoms with Crippen LogP contribution in [0.25, 0.3) is 5.69 Å². The number of halogens is 1. The summed E-state index contributed by atoms with van der Waals surface area (Å²) >= 11 is 1.24. The monoisotopic (exact) mass is 547 g/mol. The van der Waals surface area contributed by atoms with E-state index in [1.165, 1.54) is 30.0 Å². The summed E-state index contributed by atoms with van der Waals surface area (Å²) in [6.45, 7) is 0.628. The van der Waals surface area contributed by atoms with Gasteiger partial charge in [0.15, 0.2) is 11.0 Å². The van der Waals surface area contributed by atoms with Gasteiger partial charge in [0.1, 0.15) is 17.3 Å². The van der Waals surface area contributed by atoms with Crippen molar-refractivity contribution >= 4 is 29.3 Å². The van der Waals surface area contributed by atoms with Crippen LogP contribution in [0, 0.1) is 5.82 Å². The van der Waals surface area contributed by atoms with Gasteiger partial charge in [-0.25, -0.2) is 4.39 Å². The van der Waals surface area contributed by atoms with Crippen molar-refractivity contribution in [2.24, 2.45) is 0 Å². The maximum absolute atomic E-state index is 13.6. The van der Waals surface area contributed by atoms with Crippen molar-refractivity contribution in [2.45, 2.75) is 18.1 Å². The number of methoxy groups -OCH3 is 2. The molecule has 0 unspecified atom stereocenters. The minimum absolute atomic E-state index is 0.00326. The zero-order valence-electron chi connectivity index (χ0n) is 21.4. The fraction of sp³-hybridized carbons (Fsp3) is 0.214. The highest BCUT2D eigenvalue weighted by molar-refractivity contribution is 7.99. The Morgan fingerprint density at radius 3 is 2.64 bits per heavy atom. The molecule has 2 amide bonds. The summed E-state index contributed by atoms with van der Waals surface area (Å²) < 4.78 is 26.3. The summed E-state index contributed by atoms with van der Waals surface area (Å²) in [6, 6.07) is 18.6. The lowest BCUT2D eigenvalue weighted by atomic mass is 10.2. The SMILES string of the molecule is COc1ccc(OC)c(-n2c(CNC(=O)c3cccc(F)c3)nnc2SCC(=O)N2CCc3ccccc32)c1. The van der Waals surface area contributed by atoms with Crippen molar-refractivity contribution in [1.29, 1.82) is 0 Å². The van der Waals surface area contributed by atoms with Crippen LogP contribution in [0.4, 0.5) is 10.1 Å². The zero-order chi connectivity index (χ0) is 27.4. The fourth-order valence-electron chi connectivity index (χ4n) is 4.41. The summed E-state index contributed by atoms with van der Waals surface area (Å²) in [4.78, 5) is 27.6. The maximum Gasteiger partial charge on any atom is 0.251 e. The maximum atomic E-state index is 13.6. The molecule has 39 heavy (non-hydrogen) atoms. The van der Waals surface area contributed by atoms with Crippen molar-refractivity contribution in [3.63, 3.8) is 0 Å². The second-order valence-electron chi connectivity index (χ2n) is 8.68. The van der Waals surface area contributed by atoms with Gasteiger partial charge in [-0.05, 0) is 48.4 Å². The molecule has 0 radical (unpaired) electrons. The first-order valence-corrected chi connectivity index (χ1v) is 13.2. The molecule has 2 heterocycles. The van der Waals surface area contributed by atoms with Gasteiger partial charge in [-0.3, -0.25) is 14.2 Å². The number of benzene rings is 3. The van der Waals surface area contributed by atoms with Crippen molar-refractivity contribution in [3.8, 4) is 17.2 Å². The third-order valence-corrected chi connectivity index (χ3v) is 7.25. The first kappa shape index (κ1) is 26.2. The molecular weight excluding hydrogens is 521 g/mol. The zero-order valence-corrected chi connectivity index (χ0v) is 22.2. The molecule has 1 aliphatic rings. The van der Waals surface area contributed by atoms with Crippen molar-refractivity contribution in [3.05, 3.63) is 89.5 Å². The van der Waals surface area contributed by atoms with E-state index in [1.54, 1.807) is 41.9 Å². The van der Waals surface area contributed by atoms with Gasteiger partial charge in [0.2, 0.25) is 5.91 Å². The first-order valence-electron chi connectivity index (χ1n) is 12.2. The largest absolute Gasteiger partial charge is 0.497 e. The Morgan fingerprint density at radius 2 is 1.85 bits per heavy atom. The van der Waals surface area contributed by atoms with E-state index in [9.17, 15) is 14.0 Å². The average molecular weight is 548 g/mol. The third kappa shape index (κ3) is 5.58. The minimum atomic E-state index is -0.504. The lowest BCUT2D eigenvalue weighted by molar-refractivity contribution is -0.116. The summed E-state index contributed by atoms with van der Waals surface area (Å²) in [7, 11) is 3.10. The number of nitrogens with zero attached hydrogens (tertiary/aromatic N) is 4. The molecule has 0 aliphatic carbocycles. The number of nitrogens with one attached hydrogen (secondary N) is 1. The lowest BCUT2D eigenvalue weighted by Crippen LogP contribution is -2.30. The molecule has 1 aliphatic heterocycles. The summed E-state index contributed by atoms with van der Waals surface area (Å²) in [6.07, 6.45) is 0.818. The predicted octanol–water partition coefficient (Wildman–Crippen LogP) is 4.04. The van der Waals surface area contributed by atoms with Crippen LogP contribution in [0.3, 0.4) is 0 Å². The molecule has 0 fully saturated rings. The van der Waals surface area contributed by atoms with E-state index >= 15 is 0 Å². The van der Waals surface area contributed by atoms with Crippen LogP contribution in [-0.2, 0) is 17.8 Å². The van der Waals surface area contributed by atoms with Gasteiger partial charge in [0.05, 0.1) is 32.2 Å². The van der Waals surface area contributed by atoms with Gasteiger partial charge in [0.25, 0.3) is 5.91 Å². The van der Waals surface area contributed by atoms with Gasteiger partial charge in [-0.1, -0.05) is 36.0 Å². The average Bonchev–Trinajstić information content (AvgIpc) is 3.58. The van der Waals surface area contributed by atoms with Crippen LogP contribution in [0.2, 0.25) is 0 Å². The van der Waals surface area contributed by atoms with E-state index < -0.39 is 11.7 Å². The summed E-state index contributed by atoms with van der Waals surface area (Å²) in [5, 5.41) is 11.8. The number of ether oxygens (including phenoxy) is 2. The molecule has 0 saturated carbocycles. The molecule has 5 rings (SSSR count). The van der Waals surface area contributed by atoms with Crippen molar-refractivity contribution in [2.75, 3.05) is 31.4 Å². The van der Waals surface area contributed by atoms with E-state index in [2.05, 4.69) is 15.5 Å². The topological polar surface area (TPSA) is 98.6 Å². The Kier molecular flexibility index (Phi) is 7.78. The molecule has 0 saturated heterocycles. The van der Waals surface area contributed by atoms with Gasteiger partial charge < -0.3 is 19.7 Å². The first-order chi connectivity index (χ1) is 19.0. The second kappa shape index (κ2) is 11.6. The Labute approximate surface area is 228 Å². The van der Waals surface area contributed by atoms with Crippen LogP contribution in [0.5, 0.6) is 11.5 Å². The van der Waals surface area contributed by atoms with Crippen molar-refractivity contribution in [1.82, 2.24) is 20.1 Å². The Morgan fingerprint density at radius 1 is 1.00 bits per heavy atom. The number of anilines is 1. The lowest BCUT2D eigenvalue weighted by Gasteiger charge is -2.18. The number of thioether (sulfide) groups is 1. The molecule has 3 aromatic carbocycles.